The van der Waals surface area contributed by atoms with Gasteiger partial charge in [0.2, 0.25) is 0 Å². The molecule has 0 aliphatic rings. The van der Waals surface area contributed by atoms with Crippen molar-refractivity contribution in [1.29, 1.82) is 0 Å². The number of hydrogen-bond acceptors (Lipinski definition) is 1. The maximum Gasteiger partial charge on any atom is 0.0426 e. The number of para-hydroxylation sites is 1. The first-order chi connectivity index (χ1) is 8.29. The Balaban J connectivity index is 2.05. The molecule has 0 bridgehead atoms. The summed E-state index contributed by atoms with van der Waals surface area (Å²) in [4.78, 5) is 2.26. The van der Waals surface area contributed by atoms with Crippen LogP contribution in [0.15, 0.2) is 54.6 Å². The Morgan fingerprint density at radius 2 is 1.65 bits per heavy atom. The minimum Gasteiger partial charge on any atom is -0.370 e. The summed E-state index contributed by atoms with van der Waals surface area (Å²) >= 11 is 0. The van der Waals surface area contributed by atoms with E-state index in [-0.39, 0.29) is 0 Å². The number of anilines is 1. The second kappa shape index (κ2) is 6.15. The van der Waals surface area contributed by atoms with Gasteiger partial charge in [-0.1, -0.05) is 50.7 Å². The van der Waals surface area contributed by atoms with Crippen molar-refractivity contribution in [2.24, 2.45) is 0 Å². The number of nitrogens with zero attached hydrogens (tertiary/aromatic N) is 1. The molecule has 88 valence electrons. The van der Waals surface area contributed by atoms with E-state index in [1.807, 2.05) is 6.07 Å². The summed E-state index contributed by atoms with van der Waals surface area (Å²) in [5.74, 6) is 0. The van der Waals surface area contributed by atoms with Crippen LogP contribution < -0.4 is 10.2 Å². The molecule has 2 atom stereocenters. The average molecular weight is 261 g/mol. The van der Waals surface area contributed by atoms with Gasteiger partial charge in [0.1, 0.15) is 0 Å². The van der Waals surface area contributed by atoms with Crippen molar-refractivity contribution >= 4 is 28.2 Å². The quantitative estimate of drug-likeness (QED) is 0.762. The highest BCUT2D eigenvalue weighted by atomic mass is 32.0. The first kappa shape index (κ1) is 12.6. The lowest BCUT2D eigenvalue weighted by molar-refractivity contribution is 0.924. The van der Waals surface area contributed by atoms with Gasteiger partial charge >= 0.3 is 0 Å². The molecule has 0 fully saturated rings. The van der Waals surface area contributed by atoms with Crippen molar-refractivity contribution in [2.45, 2.75) is 6.54 Å². The van der Waals surface area contributed by atoms with E-state index >= 15 is 0 Å². The highest BCUT2D eigenvalue weighted by molar-refractivity contribution is 8.06. The molecule has 0 saturated carbocycles. The van der Waals surface area contributed by atoms with Gasteiger partial charge in [0, 0.05) is 19.3 Å². The summed E-state index contributed by atoms with van der Waals surface area (Å²) in [6.45, 7) is 0.949. The van der Waals surface area contributed by atoms with Crippen LogP contribution >= 0.6 is 17.2 Å². The molecule has 0 spiro atoms. The molecule has 2 unspecified atom stereocenters. The zero-order valence-corrected chi connectivity index (χ0v) is 12.1. The second-order valence-corrected chi connectivity index (χ2v) is 5.76. The molecule has 2 aromatic rings. The van der Waals surface area contributed by atoms with Crippen LogP contribution in [0.25, 0.3) is 0 Å². The fourth-order valence-corrected chi connectivity index (χ4v) is 2.69. The molecule has 0 amide bonds. The van der Waals surface area contributed by atoms with Crippen LogP contribution in [0.1, 0.15) is 5.56 Å². The summed E-state index contributed by atoms with van der Waals surface area (Å²) in [5, 5.41) is 1.39. The minimum atomic E-state index is 0.798. The monoisotopic (exact) mass is 261 g/mol. The van der Waals surface area contributed by atoms with E-state index in [1.165, 1.54) is 16.6 Å². The lowest BCUT2D eigenvalue weighted by atomic mass is 10.2. The largest absolute Gasteiger partial charge is 0.370 e. The molecule has 0 aliphatic heterocycles. The predicted molar refractivity (Wildman–Crippen MR) is 82.7 cm³/mol. The van der Waals surface area contributed by atoms with E-state index in [9.17, 15) is 0 Å². The summed E-state index contributed by atoms with van der Waals surface area (Å²) in [6, 6.07) is 19.3. The first-order valence-electron chi connectivity index (χ1n) is 5.61. The lowest BCUT2D eigenvalue weighted by Gasteiger charge is -2.19. The molecule has 17 heavy (non-hydrogen) atoms. The second-order valence-electron chi connectivity index (χ2n) is 4.03. The third-order valence-electron chi connectivity index (χ3n) is 2.74. The molecule has 0 aliphatic carbocycles. The SMILES string of the molecule is CN(Cc1ccc(PP)cc1)c1ccccc1. The third kappa shape index (κ3) is 3.53. The molecule has 0 N–H and O–H groups in total. The maximum absolute atomic E-state index is 2.78. The highest BCUT2D eigenvalue weighted by Gasteiger charge is 2.01. The van der Waals surface area contributed by atoms with Crippen LogP contribution in [-0.2, 0) is 6.54 Å². The van der Waals surface area contributed by atoms with Gasteiger partial charge in [-0.2, -0.15) is 0 Å². The van der Waals surface area contributed by atoms with Crippen molar-refractivity contribution < 1.29 is 0 Å². The van der Waals surface area contributed by atoms with Crippen LogP contribution in [0.3, 0.4) is 0 Å². The number of hydrogen-bond donors (Lipinski definition) is 0. The van der Waals surface area contributed by atoms with E-state index in [1.54, 1.807) is 0 Å². The molecule has 2 rings (SSSR count). The minimum absolute atomic E-state index is 0.798. The van der Waals surface area contributed by atoms with Crippen molar-refractivity contribution in [3.8, 4) is 0 Å². The summed E-state index contributed by atoms with van der Waals surface area (Å²) in [5.41, 5.74) is 2.60. The van der Waals surface area contributed by atoms with Crippen LogP contribution in [0.4, 0.5) is 5.69 Å². The Kier molecular flexibility index (Phi) is 4.54. The Morgan fingerprint density at radius 3 is 2.24 bits per heavy atom. The van der Waals surface area contributed by atoms with Crippen molar-refractivity contribution in [2.75, 3.05) is 11.9 Å². The molecular formula is C14H17NP2. The van der Waals surface area contributed by atoms with Crippen molar-refractivity contribution in [3.63, 3.8) is 0 Å². The van der Waals surface area contributed by atoms with Crippen LogP contribution in [0.2, 0.25) is 0 Å². The smallest absolute Gasteiger partial charge is 0.0426 e. The fraction of sp³-hybridized carbons (Fsp3) is 0.143. The zero-order chi connectivity index (χ0) is 12.1. The molecule has 0 aromatic heterocycles. The van der Waals surface area contributed by atoms with Gasteiger partial charge < -0.3 is 4.90 Å². The Bertz CT molecular complexity index is 453. The Hall–Kier alpha value is -0.900. The standard InChI is InChI=1S/C14H17NP2/c1-15(13-5-3-2-4-6-13)11-12-7-9-14(17-16)10-8-12/h2-10,17H,11,16H2,1H3. The van der Waals surface area contributed by atoms with Crippen molar-refractivity contribution in [1.82, 2.24) is 0 Å². The zero-order valence-electron chi connectivity index (χ0n) is 9.93. The van der Waals surface area contributed by atoms with Crippen LogP contribution in [0.5, 0.6) is 0 Å². The Labute approximate surface area is 107 Å². The van der Waals surface area contributed by atoms with E-state index in [4.69, 9.17) is 0 Å². The van der Waals surface area contributed by atoms with Crippen molar-refractivity contribution in [3.05, 3.63) is 60.2 Å². The summed E-state index contributed by atoms with van der Waals surface area (Å²) in [7, 11) is 5.70. The normalized spacial score (nSPS) is 10.9. The van der Waals surface area contributed by atoms with Gasteiger partial charge in [-0.3, -0.25) is 0 Å². The van der Waals surface area contributed by atoms with E-state index < -0.39 is 0 Å². The molecule has 3 heteroatoms. The van der Waals surface area contributed by atoms with Crippen LogP contribution in [-0.4, -0.2) is 7.05 Å². The third-order valence-corrected chi connectivity index (χ3v) is 4.40. The number of benzene rings is 2. The lowest BCUT2D eigenvalue weighted by Crippen LogP contribution is -2.16. The van der Waals surface area contributed by atoms with Gasteiger partial charge in [-0.25, -0.2) is 0 Å². The molecule has 2 aromatic carbocycles. The van der Waals surface area contributed by atoms with E-state index in [2.05, 4.69) is 69.4 Å². The first-order valence-corrected chi connectivity index (χ1v) is 8.42. The summed E-state index contributed by atoms with van der Waals surface area (Å²) < 4.78 is 0. The predicted octanol–water partition coefficient (Wildman–Crippen LogP) is 3.42. The maximum atomic E-state index is 2.78. The highest BCUT2D eigenvalue weighted by Crippen LogP contribution is 2.20. The molecule has 0 heterocycles. The topological polar surface area (TPSA) is 3.24 Å². The summed E-state index contributed by atoms with van der Waals surface area (Å²) in [6.07, 6.45) is 0. The molecule has 1 nitrogen and oxygen atoms in total. The van der Waals surface area contributed by atoms with Gasteiger partial charge in [0.15, 0.2) is 0 Å². The molecular weight excluding hydrogens is 244 g/mol. The number of rotatable bonds is 4. The Morgan fingerprint density at radius 1 is 1.00 bits per heavy atom. The average Bonchev–Trinajstić information content (AvgIpc) is 2.40. The molecule has 0 radical (unpaired) electrons. The van der Waals surface area contributed by atoms with Crippen LogP contribution in [0, 0.1) is 0 Å². The van der Waals surface area contributed by atoms with Gasteiger partial charge in [-0.15, -0.1) is 8.93 Å². The fourth-order valence-electron chi connectivity index (χ4n) is 1.75. The van der Waals surface area contributed by atoms with E-state index in [0.717, 1.165) is 14.8 Å². The van der Waals surface area contributed by atoms with E-state index in [0.29, 0.717) is 0 Å². The van der Waals surface area contributed by atoms with Gasteiger partial charge in [0.05, 0.1) is 0 Å². The van der Waals surface area contributed by atoms with Gasteiger partial charge in [-0.05, 0) is 23.0 Å². The van der Waals surface area contributed by atoms with Gasteiger partial charge in [0.25, 0.3) is 0 Å². The molecule has 0 saturated heterocycles.